The lowest BCUT2D eigenvalue weighted by Crippen LogP contribution is -2.15. The molecule has 0 amide bonds. The zero-order valence-electron chi connectivity index (χ0n) is 16.3. The first kappa shape index (κ1) is 23.8. The Bertz CT molecular complexity index is 569. The first-order valence-corrected chi connectivity index (χ1v) is 10.5. The van der Waals surface area contributed by atoms with Crippen LogP contribution in [0.1, 0.15) is 78.1 Å². The zero-order valence-corrected chi connectivity index (χ0v) is 17.8. The molecule has 1 atom stereocenters. The van der Waals surface area contributed by atoms with Crippen LogP contribution in [0.3, 0.4) is 0 Å². The van der Waals surface area contributed by atoms with Crippen LogP contribution in [-0.4, -0.2) is 18.0 Å². The lowest BCUT2D eigenvalue weighted by Gasteiger charge is -2.13. The Kier molecular flexibility index (Phi) is 12.2. The van der Waals surface area contributed by atoms with E-state index < -0.39 is 5.97 Å². The van der Waals surface area contributed by atoms with Gasteiger partial charge >= 0.3 is 11.9 Å². The first-order valence-electron chi connectivity index (χ1n) is 9.78. The summed E-state index contributed by atoms with van der Waals surface area (Å²) in [6.45, 7) is 4.12. The first-order chi connectivity index (χ1) is 12.9. The predicted octanol–water partition coefficient (Wildman–Crippen LogP) is 6.75. The molecular weight excluding hydrogens is 387 g/mol. The molecule has 0 aromatic heterocycles. The molecule has 6 heteroatoms. The summed E-state index contributed by atoms with van der Waals surface area (Å²) < 4.78 is 10.6. The highest BCUT2D eigenvalue weighted by atomic mass is 35.5. The second-order valence-corrected chi connectivity index (χ2v) is 7.55. The van der Waals surface area contributed by atoms with Crippen LogP contribution < -0.4 is 4.74 Å². The summed E-state index contributed by atoms with van der Waals surface area (Å²) in [7, 11) is 0. The van der Waals surface area contributed by atoms with E-state index in [2.05, 4.69) is 6.92 Å². The molecule has 152 valence electrons. The number of hydrogen-bond donors (Lipinski definition) is 0. The molecule has 0 spiro atoms. The molecule has 0 saturated heterocycles. The molecule has 4 nitrogen and oxygen atoms in total. The van der Waals surface area contributed by atoms with Gasteiger partial charge in [0, 0.05) is 12.8 Å². The quantitative estimate of drug-likeness (QED) is 0.202. The normalized spacial score (nSPS) is 11.9. The molecule has 0 radical (unpaired) electrons. The van der Waals surface area contributed by atoms with Crippen LogP contribution in [0.5, 0.6) is 5.75 Å². The Labute approximate surface area is 172 Å². The maximum Gasteiger partial charge on any atom is 0.311 e. The molecule has 1 aromatic carbocycles. The highest BCUT2D eigenvalue weighted by molar-refractivity contribution is 6.37. The van der Waals surface area contributed by atoms with Gasteiger partial charge in [-0.25, -0.2) is 0 Å². The molecular formula is C21H30Cl2O4. The van der Waals surface area contributed by atoms with Gasteiger partial charge in [-0.05, 0) is 38.3 Å². The van der Waals surface area contributed by atoms with Crippen molar-refractivity contribution in [2.75, 3.05) is 0 Å². The second-order valence-electron chi connectivity index (χ2n) is 6.74. The van der Waals surface area contributed by atoms with E-state index in [1.807, 2.05) is 6.92 Å². The third kappa shape index (κ3) is 10.6. The highest BCUT2D eigenvalue weighted by Crippen LogP contribution is 2.32. The van der Waals surface area contributed by atoms with Crippen molar-refractivity contribution in [3.8, 4) is 5.75 Å². The zero-order chi connectivity index (χ0) is 20.1. The fourth-order valence-corrected chi connectivity index (χ4v) is 3.15. The number of benzene rings is 1. The average Bonchev–Trinajstić information content (AvgIpc) is 2.61. The van der Waals surface area contributed by atoms with Crippen molar-refractivity contribution in [3.05, 3.63) is 28.2 Å². The Hall–Kier alpha value is -1.26. The van der Waals surface area contributed by atoms with Gasteiger partial charge < -0.3 is 9.47 Å². The number of esters is 2. The van der Waals surface area contributed by atoms with Crippen LogP contribution >= 0.6 is 23.2 Å². The van der Waals surface area contributed by atoms with E-state index in [1.54, 1.807) is 18.2 Å². The Morgan fingerprint density at radius 2 is 1.52 bits per heavy atom. The van der Waals surface area contributed by atoms with E-state index in [4.69, 9.17) is 32.7 Å². The number of carbonyl (C=O) groups is 2. The maximum atomic E-state index is 11.9. The van der Waals surface area contributed by atoms with Crippen molar-refractivity contribution < 1.29 is 19.1 Å². The molecule has 1 aromatic rings. The topological polar surface area (TPSA) is 52.6 Å². The van der Waals surface area contributed by atoms with Gasteiger partial charge in [-0.3, -0.25) is 9.59 Å². The molecule has 0 aliphatic rings. The minimum Gasteiger partial charge on any atom is -0.463 e. The van der Waals surface area contributed by atoms with Gasteiger partial charge in [0.1, 0.15) is 0 Å². The molecule has 0 heterocycles. The summed E-state index contributed by atoms with van der Waals surface area (Å²) in [5.74, 6) is -0.601. The summed E-state index contributed by atoms with van der Waals surface area (Å²) in [5.41, 5.74) is 0. The van der Waals surface area contributed by atoms with Crippen molar-refractivity contribution >= 4 is 35.1 Å². The van der Waals surface area contributed by atoms with Gasteiger partial charge in [0.05, 0.1) is 16.1 Å². The van der Waals surface area contributed by atoms with Gasteiger partial charge in [0.25, 0.3) is 0 Å². The maximum absolute atomic E-state index is 11.9. The van der Waals surface area contributed by atoms with E-state index >= 15 is 0 Å². The number of para-hydroxylation sites is 1. The van der Waals surface area contributed by atoms with Gasteiger partial charge in [-0.15, -0.1) is 0 Å². The lowest BCUT2D eigenvalue weighted by molar-refractivity contribution is -0.148. The molecule has 0 fully saturated rings. The lowest BCUT2D eigenvalue weighted by atomic mass is 10.1. The van der Waals surface area contributed by atoms with Crippen molar-refractivity contribution in [2.45, 2.75) is 84.2 Å². The van der Waals surface area contributed by atoms with E-state index in [9.17, 15) is 9.59 Å². The number of ether oxygens (including phenoxy) is 2. The Morgan fingerprint density at radius 1 is 0.926 bits per heavy atom. The summed E-state index contributed by atoms with van der Waals surface area (Å²) in [6, 6.07) is 4.86. The van der Waals surface area contributed by atoms with Crippen molar-refractivity contribution in [3.63, 3.8) is 0 Å². The molecule has 27 heavy (non-hydrogen) atoms. The van der Waals surface area contributed by atoms with Crippen LogP contribution in [0.2, 0.25) is 10.0 Å². The average molecular weight is 417 g/mol. The molecule has 1 rings (SSSR count). The van der Waals surface area contributed by atoms with Crippen LogP contribution in [0.4, 0.5) is 0 Å². The highest BCUT2D eigenvalue weighted by Gasteiger charge is 2.14. The number of hydrogen-bond acceptors (Lipinski definition) is 4. The van der Waals surface area contributed by atoms with Crippen LogP contribution in [0.25, 0.3) is 0 Å². The third-order valence-corrected chi connectivity index (χ3v) is 4.79. The molecule has 0 bridgehead atoms. The van der Waals surface area contributed by atoms with Crippen LogP contribution in [0, 0.1) is 0 Å². The standard InChI is InChI=1S/C21H30Cl2O4/c1-3-4-5-6-7-8-11-16(2)26-19(24)14-10-15-20(25)27-21-17(22)12-9-13-18(21)23/h9,12-13,16H,3-8,10-11,14-15H2,1-2H3. The van der Waals surface area contributed by atoms with Crippen molar-refractivity contribution in [1.29, 1.82) is 0 Å². The summed E-state index contributed by atoms with van der Waals surface area (Å²) in [6.07, 6.45) is 8.75. The molecule has 0 N–H and O–H groups in total. The summed E-state index contributed by atoms with van der Waals surface area (Å²) in [5, 5.41) is 0.553. The second kappa shape index (κ2) is 13.8. The SMILES string of the molecule is CCCCCCCCC(C)OC(=O)CCCC(=O)Oc1c(Cl)cccc1Cl. The van der Waals surface area contributed by atoms with Gasteiger partial charge in [0.2, 0.25) is 0 Å². The minimum absolute atomic E-state index is 0.0856. The third-order valence-electron chi connectivity index (χ3n) is 4.19. The smallest absolute Gasteiger partial charge is 0.311 e. The monoisotopic (exact) mass is 416 g/mol. The molecule has 1 unspecified atom stereocenters. The molecule has 0 aliphatic carbocycles. The number of unbranched alkanes of at least 4 members (excludes halogenated alkanes) is 5. The van der Waals surface area contributed by atoms with E-state index in [-0.39, 0.29) is 40.7 Å². The summed E-state index contributed by atoms with van der Waals surface area (Å²) in [4.78, 5) is 23.7. The Balaban J connectivity index is 2.16. The van der Waals surface area contributed by atoms with E-state index in [0.717, 1.165) is 12.8 Å². The molecule has 0 saturated carbocycles. The predicted molar refractivity (Wildman–Crippen MR) is 109 cm³/mol. The molecule has 0 aliphatic heterocycles. The van der Waals surface area contributed by atoms with Gasteiger partial charge in [0.15, 0.2) is 5.75 Å². The van der Waals surface area contributed by atoms with Crippen molar-refractivity contribution in [2.24, 2.45) is 0 Å². The number of rotatable bonds is 13. The van der Waals surface area contributed by atoms with E-state index in [0.29, 0.717) is 6.42 Å². The van der Waals surface area contributed by atoms with Crippen LogP contribution in [0.15, 0.2) is 18.2 Å². The largest absolute Gasteiger partial charge is 0.463 e. The van der Waals surface area contributed by atoms with Gasteiger partial charge in [-0.1, -0.05) is 68.3 Å². The van der Waals surface area contributed by atoms with Crippen LogP contribution in [-0.2, 0) is 14.3 Å². The number of carbonyl (C=O) groups excluding carboxylic acids is 2. The summed E-state index contributed by atoms with van der Waals surface area (Å²) >= 11 is 11.9. The number of halogens is 2. The van der Waals surface area contributed by atoms with Gasteiger partial charge in [-0.2, -0.15) is 0 Å². The minimum atomic E-state index is -0.474. The van der Waals surface area contributed by atoms with E-state index in [1.165, 1.54) is 32.1 Å². The fraction of sp³-hybridized carbons (Fsp3) is 0.619. The van der Waals surface area contributed by atoms with Crippen molar-refractivity contribution in [1.82, 2.24) is 0 Å². The Morgan fingerprint density at radius 3 is 2.19 bits per heavy atom. The fourth-order valence-electron chi connectivity index (χ4n) is 2.68.